The van der Waals surface area contributed by atoms with E-state index >= 15 is 0 Å². The third-order valence-electron chi connectivity index (χ3n) is 3.53. The molecular formula is C18H14ClN5O. The Morgan fingerprint density at radius 2 is 2.00 bits per heavy atom. The van der Waals surface area contributed by atoms with Crippen LogP contribution in [0.25, 0.3) is 5.69 Å². The molecule has 1 aromatic heterocycles. The second-order valence-electron chi connectivity index (χ2n) is 5.39. The molecule has 3 rings (SSSR count). The Bertz CT molecular complexity index is 956. The predicted octanol–water partition coefficient (Wildman–Crippen LogP) is 3.55. The highest BCUT2D eigenvalue weighted by Gasteiger charge is 2.16. The zero-order valence-electron chi connectivity index (χ0n) is 13.4. The lowest BCUT2D eigenvalue weighted by molar-refractivity contribution is 0.102. The zero-order chi connectivity index (χ0) is 17.8. The van der Waals surface area contributed by atoms with E-state index in [0.29, 0.717) is 28.5 Å². The van der Waals surface area contributed by atoms with E-state index in [-0.39, 0.29) is 11.6 Å². The van der Waals surface area contributed by atoms with Crippen LogP contribution in [0.1, 0.15) is 21.7 Å². The molecule has 0 saturated carbocycles. The first-order valence-corrected chi connectivity index (χ1v) is 7.92. The van der Waals surface area contributed by atoms with Gasteiger partial charge in [-0.25, -0.2) is 0 Å². The van der Waals surface area contributed by atoms with E-state index in [4.69, 9.17) is 16.9 Å². The average molecular weight is 352 g/mol. The molecule has 1 heterocycles. The van der Waals surface area contributed by atoms with Gasteiger partial charge in [0.15, 0.2) is 5.69 Å². The van der Waals surface area contributed by atoms with Crippen molar-refractivity contribution in [3.8, 4) is 11.8 Å². The summed E-state index contributed by atoms with van der Waals surface area (Å²) in [7, 11) is 0. The summed E-state index contributed by atoms with van der Waals surface area (Å²) < 4.78 is 0. The molecule has 1 N–H and O–H groups in total. The molecular weight excluding hydrogens is 338 g/mol. The number of aromatic nitrogens is 3. The van der Waals surface area contributed by atoms with Crippen LogP contribution in [-0.4, -0.2) is 20.9 Å². The second-order valence-corrected chi connectivity index (χ2v) is 5.83. The Morgan fingerprint density at radius 3 is 2.68 bits per heavy atom. The number of carbonyl (C=O) groups excluding carboxylic acids is 1. The number of anilines is 1. The molecule has 0 bridgehead atoms. The SMILES string of the molecule is Cc1nn(-c2cccc(Cl)c2)nc1C(=O)Nc1ccc(CC#N)cc1. The molecule has 0 radical (unpaired) electrons. The highest BCUT2D eigenvalue weighted by atomic mass is 35.5. The second kappa shape index (κ2) is 7.16. The highest BCUT2D eigenvalue weighted by Crippen LogP contribution is 2.16. The fourth-order valence-electron chi connectivity index (χ4n) is 2.29. The minimum absolute atomic E-state index is 0.237. The van der Waals surface area contributed by atoms with Crippen molar-refractivity contribution in [3.63, 3.8) is 0 Å². The molecule has 0 aliphatic heterocycles. The molecule has 6 nitrogen and oxygen atoms in total. The summed E-state index contributed by atoms with van der Waals surface area (Å²) in [5, 5.41) is 20.6. The molecule has 3 aromatic rings. The number of nitrogens with zero attached hydrogens (tertiary/aromatic N) is 4. The normalized spacial score (nSPS) is 10.3. The number of benzene rings is 2. The lowest BCUT2D eigenvalue weighted by Gasteiger charge is -2.04. The number of aryl methyl sites for hydroxylation is 1. The van der Waals surface area contributed by atoms with E-state index in [1.54, 1.807) is 55.5 Å². The molecule has 0 unspecified atom stereocenters. The van der Waals surface area contributed by atoms with Crippen LogP contribution in [0, 0.1) is 18.3 Å². The summed E-state index contributed by atoms with van der Waals surface area (Å²) in [6.07, 6.45) is 0.335. The van der Waals surface area contributed by atoms with E-state index < -0.39 is 0 Å². The van der Waals surface area contributed by atoms with Gasteiger partial charge in [-0.2, -0.15) is 15.2 Å². The van der Waals surface area contributed by atoms with Gasteiger partial charge >= 0.3 is 0 Å². The third kappa shape index (κ3) is 3.84. The monoisotopic (exact) mass is 351 g/mol. The molecule has 1 amide bonds. The van der Waals surface area contributed by atoms with E-state index in [0.717, 1.165) is 5.56 Å². The largest absolute Gasteiger partial charge is 0.321 e. The van der Waals surface area contributed by atoms with Crippen LogP contribution in [-0.2, 0) is 6.42 Å². The topological polar surface area (TPSA) is 83.6 Å². The number of nitriles is 1. The standard InChI is InChI=1S/C18H14ClN5O/c1-12-17(23-24(22-12)16-4-2-3-14(19)11-16)18(25)21-15-7-5-13(6-8-15)9-10-20/h2-8,11H,9H2,1H3,(H,21,25). The number of carbonyl (C=O) groups is 1. The summed E-state index contributed by atoms with van der Waals surface area (Å²) in [5.74, 6) is -0.348. The van der Waals surface area contributed by atoms with Crippen LogP contribution in [0.2, 0.25) is 5.02 Å². The lowest BCUT2D eigenvalue weighted by Crippen LogP contribution is -2.14. The highest BCUT2D eigenvalue weighted by molar-refractivity contribution is 6.30. The summed E-state index contributed by atoms with van der Waals surface area (Å²) in [6.45, 7) is 1.72. The molecule has 0 aliphatic carbocycles. The molecule has 0 spiro atoms. The van der Waals surface area contributed by atoms with Gasteiger partial charge in [0.1, 0.15) is 0 Å². The van der Waals surface area contributed by atoms with Crippen molar-refractivity contribution >= 4 is 23.2 Å². The molecule has 7 heteroatoms. The van der Waals surface area contributed by atoms with Crippen molar-refractivity contribution in [2.24, 2.45) is 0 Å². The van der Waals surface area contributed by atoms with E-state index in [2.05, 4.69) is 21.6 Å². The smallest absolute Gasteiger partial charge is 0.278 e. The number of rotatable bonds is 4. The maximum Gasteiger partial charge on any atom is 0.278 e. The van der Waals surface area contributed by atoms with Crippen molar-refractivity contribution in [1.29, 1.82) is 5.26 Å². The summed E-state index contributed by atoms with van der Waals surface area (Å²) in [6, 6.07) is 16.3. The fraction of sp³-hybridized carbons (Fsp3) is 0.111. The molecule has 2 aromatic carbocycles. The maximum atomic E-state index is 12.5. The van der Waals surface area contributed by atoms with Crippen LogP contribution in [0.3, 0.4) is 0 Å². The summed E-state index contributed by atoms with van der Waals surface area (Å²) in [5.41, 5.74) is 2.95. The van der Waals surface area contributed by atoms with Crippen LogP contribution in [0.5, 0.6) is 0 Å². The van der Waals surface area contributed by atoms with E-state index in [9.17, 15) is 4.79 Å². The van der Waals surface area contributed by atoms with Crippen molar-refractivity contribution in [2.75, 3.05) is 5.32 Å². The Labute approximate surface area is 149 Å². The minimum Gasteiger partial charge on any atom is -0.321 e. The Balaban J connectivity index is 1.79. The number of nitrogens with one attached hydrogen (secondary N) is 1. The number of hydrogen-bond acceptors (Lipinski definition) is 4. The first-order valence-electron chi connectivity index (χ1n) is 7.54. The first kappa shape index (κ1) is 16.7. The summed E-state index contributed by atoms with van der Waals surface area (Å²) >= 11 is 5.98. The van der Waals surface area contributed by atoms with Gasteiger partial charge in [-0.1, -0.05) is 29.8 Å². The van der Waals surface area contributed by atoms with Crippen molar-refractivity contribution in [2.45, 2.75) is 13.3 Å². The third-order valence-corrected chi connectivity index (χ3v) is 3.77. The van der Waals surface area contributed by atoms with Crippen LogP contribution in [0.15, 0.2) is 48.5 Å². The van der Waals surface area contributed by atoms with Crippen molar-refractivity contribution in [3.05, 3.63) is 70.5 Å². The predicted molar refractivity (Wildman–Crippen MR) is 94.8 cm³/mol. The Hall–Kier alpha value is -3.17. The Morgan fingerprint density at radius 1 is 1.24 bits per heavy atom. The van der Waals surface area contributed by atoms with Gasteiger partial charge in [0.2, 0.25) is 0 Å². The summed E-state index contributed by atoms with van der Waals surface area (Å²) in [4.78, 5) is 13.8. The van der Waals surface area contributed by atoms with Gasteiger partial charge in [0.05, 0.1) is 23.9 Å². The first-order chi connectivity index (χ1) is 12.1. The molecule has 0 aliphatic rings. The van der Waals surface area contributed by atoms with E-state index in [1.807, 2.05) is 0 Å². The molecule has 124 valence electrons. The maximum absolute atomic E-state index is 12.5. The quantitative estimate of drug-likeness (QED) is 0.779. The van der Waals surface area contributed by atoms with Gasteiger partial charge in [0, 0.05) is 10.7 Å². The van der Waals surface area contributed by atoms with Gasteiger partial charge < -0.3 is 5.32 Å². The van der Waals surface area contributed by atoms with Crippen LogP contribution in [0.4, 0.5) is 5.69 Å². The number of halogens is 1. The van der Waals surface area contributed by atoms with Gasteiger partial charge in [-0.05, 0) is 42.8 Å². The Kier molecular flexibility index (Phi) is 4.78. The fourth-order valence-corrected chi connectivity index (χ4v) is 2.48. The average Bonchev–Trinajstić information content (AvgIpc) is 2.99. The lowest BCUT2D eigenvalue weighted by atomic mass is 10.1. The van der Waals surface area contributed by atoms with Crippen LogP contribution >= 0.6 is 11.6 Å². The van der Waals surface area contributed by atoms with Crippen LogP contribution < -0.4 is 5.32 Å². The zero-order valence-corrected chi connectivity index (χ0v) is 14.2. The van der Waals surface area contributed by atoms with Gasteiger partial charge in [-0.15, -0.1) is 5.10 Å². The molecule has 0 atom stereocenters. The van der Waals surface area contributed by atoms with Gasteiger partial charge in [0.25, 0.3) is 5.91 Å². The molecule has 0 fully saturated rings. The molecule has 25 heavy (non-hydrogen) atoms. The number of hydrogen-bond donors (Lipinski definition) is 1. The molecule has 0 saturated heterocycles. The minimum atomic E-state index is -0.348. The van der Waals surface area contributed by atoms with Gasteiger partial charge in [-0.3, -0.25) is 4.79 Å². The van der Waals surface area contributed by atoms with Crippen molar-refractivity contribution in [1.82, 2.24) is 15.0 Å². The number of amides is 1. The van der Waals surface area contributed by atoms with Crippen molar-refractivity contribution < 1.29 is 4.79 Å². The van der Waals surface area contributed by atoms with E-state index in [1.165, 1.54) is 4.80 Å².